The summed E-state index contributed by atoms with van der Waals surface area (Å²) >= 11 is 0. The highest BCUT2D eigenvalue weighted by molar-refractivity contribution is 7.91. The average Bonchev–Trinajstić information content (AvgIpc) is 3.21. The Balaban J connectivity index is 1.44. The molecule has 1 N–H and O–H groups in total. The van der Waals surface area contributed by atoms with E-state index in [4.69, 9.17) is 9.47 Å². The van der Waals surface area contributed by atoms with Gasteiger partial charge in [-0.25, -0.2) is 18.4 Å². The first-order chi connectivity index (χ1) is 12.8. The molecule has 10 heteroatoms. The van der Waals surface area contributed by atoms with E-state index in [-0.39, 0.29) is 23.5 Å². The van der Waals surface area contributed by atoms with Gasteiger partial charge in [0.1, 0.15) is 17.3 Å². The molecule has 3 aliphatic heterocycles. The lowest BCUT2D eigenvalue weighted by Gasteiger charge is -2.37. The minimum Gasteiger partial charge on any atom is -0.366 e. The predicted octanol–water partition coefficient (Wildman–Crippen LogP) is 0.363. The fourth-order valence-corrected chi connectivity index (χ4v) is 5.54. The van der Waals surface area contributed by atoms with Crippen LogP contribution in [-0.2, 0) is 19.3 Å². The van der Waals surface area contributed by atoms with Crippen molar-refractivity contribution in [2.75, 3.05) is 43.1 Å². The quantitative estimate of drug-likeness (QED) is 0.780. The first-order valence-electron chi connectivity index (χ1n) is 9.24. The Kier molecular flexibility index (Phi) is 4.81. The molecule has 1 aromatic heterocycles. The Bertz CT molecular complexity index is 828. The number of amides is 1. The molecule has 3 saturated heterocycles. The van der Waals surface area contributed by atoms with Crippen LogP contribution in [0.4, 0.5) is 5.82 Å². The van der Waals surface area contributed by atoms with E-state index in [2.05, 4.69) is 15.3 Å². The first kappa shape index (κ1) is 18.6. The van der Waals surface area contributed by atoms with Crippen LogP contribution in [0.15, 0.2) is 6.07 Å². The van der Waals surface area contributed by atoms with Gasteiger partial charge in [-0.05, 0) is 13.3 Å². The van der Waals surface area contributed by atoms with E-state index in [9.17, 15) is 13.2 Å². The maximum atomic E-state index is 12.9. The third kappa shape index (κ3) is 4.07. The van der Waals surface area contributed by atoms with Crippen molar-refractivity contribution in [1.82, 2.24) is 14.9 Å². The van der Waals surface area contributed by atoms with Crippen LogP contribution < -0.4 is 5.32 Å². The SMILES string of the molecule is Cc1nc(NC2CCS(=O)(=O)C2)cc(C(=O)N2CCC3(CC2)OCCO3)n1. The molecule has 27 heavy (non-hydrogen) atoms. The second kappa shape index (κ2) is 6.99. The molecule has 0 aromatic carbocycles. The fraction of sp³-hybridized carbons (Fsp3) is 0.706. The maximum absolute atomic E-state index is 12.9. The molecule has 3 fully saturated rings. The summed E-state index contributed by atoms with van der Waals surface area (Å²) in [4.78, 5) is 23.2. The molecule has 9 nitrogen and oxygen atoms in total. The fourth-order valence-electron chi connectivity index (χ4n) is 3.87. The Morgan fingerprint density at radius 2 is 1.96 bits per heavy atom. The number of sulfone groups is 1. The van der Waals surface area contributed by atoms with Gasteiger partial charge in [-0.15, -0.1) is 0 Å². The number of piperidine rings is 1. The van der Waals surface area contributed by atoms with E-state index in [1.54, 1.807) is 17.9 Å². The zero-order valence-electron chi connectivity index (χ0n) is 15.3. The van der Waals surface area contributed by atoms with Crippen molar-refractivity contribution in [2.45, 2.75) is 38.0 Å². The van der Waals surface area contributed by atoms with Crippen molar-refractivity contribution in [2.24, 2.45) is 0 Å². The maximum Gasteiger partial charge on any atom is 0.272 e. The van der Waals surface area contributed by atoms with E-state index in [1.165, 1.54) is 0 Å². The van der Waals surface area contributed by atoms with Gasteiger partial charge in [0.15, 0.2) is 15.6 Å². The largest absolute Gasteiger partial charge is 0.366 e. The van der Waals surface area contributed by atoms with E-state index in [0.29, 0.717) is 62.9 Å². The summed E-state index contributed by atoms with van der Waals surface area (Å²) in [7, 11) is -2.99. The second-order valence-corrected chi connectivity index (χ2v) is 9.56. The minimum atomic E-state index is -2.99. The number of nitrogens with zero attached hydrogens (tertiary/aromatic N) is 3. The number of hydrogen-bond donors (Lipinski definition) is 1. The summed E-state index contributed by atoms with van der Waals surface area (Å²) in [5.41, 5.74) is 0.315. The van der Waals surface area contributed by atoms with E-state index in [1.807, 2.05) is 0 Å². The Labute approximate surface area is 158 Å². The third-order valence-corrected chi connectivity index (χ3v) is 7.04. The number of hydrogen-bond acceptors (Lipinski definition) is 8. The average molecular weight is 396 g/mol. The molecule has 0 bridgehead atoms. The molecule has 1 spiro atoms. The number of aryl methyl sites for hydroxylation is 1. The highest BCUT2D eigenvalue weighted by Crippen LogP contribution is 2.31. The molecule has 148 valence electrons. The lowest BCUT2D eigenvalue weighted by molar-refractivity contribution is -0.181. The van der Waals surface area contributed by atoms with Crippen LogP contribution >= 0.6 is 0 Å². The highest BCUT2D eigenvalue weighted by Gasteiger charge is 2.41. The minimum absolute atomic E-state index is 0.0908. The Hall–Kier alpha value is -1.78. The zero-order chi connectivity index (χ0) is 19.1. The molecule has 1 aromatic rings. The van der Waals surface area contributed by atoms with Crippen LogP contribution in [0.5, 0.6) is 0 Å². The summed E-state index contributed by atoms with van der Waals surface area (Å²) in [6, 6.07) is 1.42. The van der Waals surface area contributed by atoms with Crippen molar-refractivity contribution in [3.63, 3.8) is 0 Å². The first-order valence-corrected chi connectivity index (χ1v) is 11.1. The van der Waals surface area contributed by atoms with Gasteiger partial charge in [0, 0.05) is 38.0 Å². The number of carbonyl (C=O) groups excluding carboxylic acids is 1. The molecular formula is C17H24N4O5S. The molecule has 1 unspecified atom stereocenters. The summed E-state index contributed by atoms with van der Waals surface area (Å²) in [5.74, 6) is 0.548. The van der Waals surface area contributed by atoms with Crippen molar-refractivity contribution >= 4 is 21.6 Å². The molecule has 1 amide bonds. The number of likely N-dealkylation sites (tertiary alicyclic amines) is 1. The van der Waals surface area contributed by atoms with Crippen LogP contribution in [0, 0.1) is 6.92 Å². The third-order valence-electron chi connectivity index (χ3n) is 5.27. The zero-order valence-corrected chi connectivity index (χ0v) is 16.1. The summed E-state index contributed by atoms with van der Waals surface area (Å²) in [6.45, 7) is 4.02. The standard InChI is InChI=1S/C17H24N4O5S/c1-12-18-14(10-15(19-12)20-13-2-9-27(23,24)11-13)16(22)21-5-3-17(4-6-21)25-7-8-26-17/h10,13H,2-9,11H2,1H3,(H,18,19,20). The molecule has 0 radical (unpaired) electrons. The number of carbonyl (C=O) groups is 1. The smallest absolute Gasteiger partial charge is 0.272 e. The molecule has 0 saturated carbocycles. The lowest BCUT2D eigenvalue weighted by Crippen LogP contribution is -2.47. The van der Waals surface area contributed by atoms with Crippen LogP contribution in [-0.4, -0.2) is 78.8 Å². The molecule has 3 aliphatic rings. The lowest BCUT2D eigenvalue weighted by atomic mass is 10.0. The van der Waals surface area contributed by atoms with Crippen molar-refractivity contribution in [3.8, 4) is 0 Å². The topological polar surface area (TPSA) is 111 Å². The summed E-state index contributed by atoms with van der Waals surface area (Å²) in [6.07, 6.45) is 1.84. The second-order valence-electron chi connectivity index (χ2n) is 7.33. The normalized spacial score (nSPS) is 26.4. The molecular weight excluding hydrogens is 372 g/mol. The Morgan fingerprint density at radius 1 is 1.26 bits per heavy atom. The molecule has 1 atom stereocenters. The van der Waals surface area contributed by atoms with Crippen molar-refractivity contribution in [1.29, 1.82) is 0 Å². The Morgan fingerprint density at radius 3 is 2.59 bits per heavy atom. The van der Waals surface area contributed by atoms with Gasteiger partial charge in [0.25, 0.3) is 5.91 Å². The number of nitrogens with one attached hydrogen (secondary N) is 1. The van der Waals surface area contributed by atoms with Crippen molar-refractivity contribution < 1.29 is 22.7 Å². The predicted molar refractivity (Wildman–Crippen MR) is 97.2 cm³/mol. The monoisotopic (exact) mass is 396 g/mol. The van der Waals surface area contributed by atoms with Gasteiger partial charge < -0.3 is 19.7 Å². The van der Waals surface area contributed by atoms with Crippen LogP contribution in [0.25, 0.3) is 0 Å². The number of rotatable bonds is 3. The van der Waals surface area contributed by atoms with Gasteiger partial charge in [-0.3, -0.25) is 4.79 Å². The van der Waals surface area contributed by atoms with Crippen LogP contribution in [0.2, 0.25) is 0 Å². The molecule has 4 rings (SSSR count). The van der Waals surface area contributed by atoms with Crippen LogP contribution in [0.1, 0.15) is 35.6 Å². The van der Waals surface area contributed by atoms with Gasteiger partial charge in [0.2, 0.25) is 0 Å². The molecule has 0 aliphatic carbocycles. The van der Waals surface area contributed by atoms with E-state index in [0.717, 1.165) is 0 Å². The number of aromatic nitrogens is 2. The van der Waals surface area contributed by atoms with Gasteiger partial charge in [-0.1, -0.05) is 0 Å². The van der Waals surface area contributed by atoms with Crippen LogP contribution in [0.3, 0.4) is 0 Å². The number of ether oxygens (including phenoxy) is 2. The van der Waals surface area contributed by atoms with Gasteiger partial charge in [0.05, 0.1) is 24.7 Å². The van der Waals surface area contributed by atoms with Gasteiger partial charge >= 0.3 is 0 Å². The van der Waals surface area contributed by atoms with Crippen molar-refractivity contribution in [3.05, 3.63) is 17.6 Å². The number of anilines is 1. The summed E-state index contributed by atoms with van der Waals surface area (Å²) < 4.78 is 34.7. The van der Waals surface area contributed by atoms with Gasteiger partial charge in [-0.2, -0.15) is 0 Å². The molecule has 4 heterocycles. The van der Waals surface area contributed by atoms with E-state index < -0.39 is 15.6 Å². The highest BCUT2D eigenvalue weighted by atomic mass is 32.2. The summed E-state index contributed by atoms with van der Waals surface area (Å²) in [5, 5.41) is 3.13. The van der Waals surface area contributed by atoms with E-state index >= 15 is 0 Å².